The molecule has 0 spiro atoms. The van der Waals surface area contributed by atoms with Crippen molar-refractivity contribution in [1.82, 2.24) is 0 Å². The van der Waals surface area contributed by atoms with Crippen molar-refractivity contribution in [2.75, 3.05) is 13.7 Å². The predicted octanol–water partition coefficient (Wildman–Crippen LogP) is 4.26. The maximum atomic E-state index is 5.70. The fourth-order valence-corrected chi connectivity index (χ4v) is 8.75. The fraction of sp³-hybridized carbons (Fsp3) is 0.625. The standard InChI is InChI=1S/C9H19O2.C7H7.Hg/c1-4-6-8-11-9(10-3)7-5-2;1-7-5-3-2-4-6-7;/h9H,1,4-8H2,2-3H3;2-6H,1H2;. The summed E-state index contributed by atoms with van der Waals surface area (Å²) in [6, 6.07) is 10.9. The molecule has 1 aromatic carbocycles. The third-order valence-corrected chi connectivity index (χ3v) is 10.8. The van der Waals surface area contributed by atoms with Crippen LogP contribution in [-0.2, 0) is 38.0 Å². The summed E-state index contributed by atoms with van der Waals surface area (Å²) >= 11 is -0.660. The van der Waals surface area contributed by atoms with Crippen molar-refractivity contribution in [3.8, 4) is 0 Å². The summed E-state index contributed by atoms with van der Waals surface area (Å²) in [7, 11) is 1.73. The van der Waals surface area contributed by atoms with Crippen molar-refractivity contribution in [2.24, 2.45) is 0 Å². The molecule has 19 heavy (non-hydrogen) atoms. The first-order chi connectivity index (χ1) is 9.36. The monoisotopic (exact) mass is 452 g/mol. The van der Waals surface area contributed by atoms with Crippen molar-refractivity contribution < 1.29 is 34.0 Å². The van der Waals surface area contributed by atoms with Gasteiger partial charge in [0, 0.05) is 0 Å². The van der Waals surface area contributed by atoms with Gasteiger partial charge >= 0.3 is 130 Å². The average molecular weight is 451 g/mol. The third-order valence-electron chi connectivity index (χ3n) is 3.29. The molecule has 2 nitrogen and oxygen atoms in total. The molecule has 0 aliphatic carbocycles. The summed E-state index contributed by atoms with van der Waals surface area (Å²) < 4.78 is 13.9. The van der Waals surface area contributed by atoms with E-state index in [0.29, 0.717) is 0 Å². The number of hydrogen-bond donors (Lipinski definition) is 0. The van der Waals surface area contributed by atoms with Crippen LogP contribution in [0.15, 0.2) is 30.3 Å². The van der Waals surface area contributed by atoms with Gasteiger partial charge in [-0.1, -0.05) is 0 Å². The van der Waals surface area contributed by atoms with E-state index in [2.05, 4.69) is 37.3 Å². The quantitative estimate of drug-likeness (QED) is 0.285. The van der Waals surface area contributed by atoms with Crippen molar-refractivity contribution >= 4 is 0 Å². The molecule has 0 aromatic heterocycles. The van der Waals surface area contributed by atoms with Crippen molar-refractivity contribution in [2.45, 2.75) is 46.8 Å². The van der Waals surface area contributed by atoms with Gasteiger partial charge in [0.1, 0.15) is 0 Å². The van der Waals surface area contributed by atoms with Crippen LogP contribution in [0.1, 0.15) is 38.2 Å². The molecule has 0 N–H and O–H groups in total. The Morgan fingerprint density at radius 2 is 1.95 bits per heavy atom. The Balaban J connectivity index is 1.94. The molecule has 1 rings (SSSR count). The number of hydrogen-bond acceptors (Lipinski definition) is 2. The summed E-state index contributed by atoms with van der Waals surface area (Å²) in [5, 5.41) is 0. The Morgan fingerprint density at radius 1 is 1.16 bits per heavy atom. The second-order valence-corrected chi connectivity index (χ2v) is 12.4. The Hall–Kier alpha value is 0.0751. The second-order valence-electron chi connectivity index (χ2n) is 4.97. The first kappa shape index (κ1) is 17.1. The molecule has 0 amide bonds. The van der Waals surface area contributed by atoms with Gasteiger partial charge < -0.3 is 0 Å². The summed E-state index contributed by atoms with van der Waals surface area (Å²) in [4.78, 5) is 0. The van der Waals surface area contributed by atoms with E-state index in [0.717, 1.165) is 19.4 Å². The number of methoxy groups -OCH3 is 1. The average Bonchev–Trinajstić information content (AvgIpc) is 2.46. The molecule has 0 bridgehead atoms. The van der Waals surface area contributed by atoms with E-state index >= 15 is 0 Å². The number of benzene rings is 1. The van der Waals surface area contributed by atoms with Gasteiger partial charge in [-0.05, 0) is 0 Å². The van der Waals surface area contributed by atoms with E-state index in [1.54, 1.807) is 12.7 Å². The normalized spacial score (nSPS) is 12.1. The summed E-state index contributed by atoms with van der Waals surface area (Å²) in [6.45, 7) is 3.02. The van der Waals surface area contributed by atoms with E-state index < -0.39 is 24.6 Å². The second kappa shape index (κ2) is 11.9. The van der Waals surface area contributed by atoms with Gasteiger partial charge in [-0.25, -0.2) is 0 Å². The molecule has 1 aromatic rings. The van der Waals surface area contributed by atoms with E-state index in [9.17, 15) is 0 Å². The van der Waals surface area contributed by atoms with Crippen LogP contribution in [-0.4, -0.2) is 20.0 Å². The summed E-state index contributed by atoms with van der Waals surface area (Å²) in [5.41, 5.74) is 1.54. The van der Waals surface area contributed by atoms with Gasteiger partial charge in [0.15, 0.2) is 0 Å². The van der Waals surface area contributed by atoms with E-state index in [1.807, 2.05) is 0 Å². The van der Waals surface area contributed by atoms with Gasteiger partial charge in [0.25, 0.3) is 0 Å². The molecule has 1 unspecified atom stereocenters. The van der Waals surface area contributed by atoms with E-state index in [1.165, 1.54) is 20.7 Å². The van der Waals surface area contributed by atoms with Crippen LogP contribution in [0.4, 0.5) is 0 Å². The zero-order valence-corrected chi connectivity index (χ0v) is 17.9. The van der Waals surface area contributed by atoms with E-state index in [-0.39, 0.29) is 6.29 Å². The van der Waals surface area contributed by atoms with Gasteiger partial charge in [0.05, 0.1) is 0 Å². The topological polar surface area (TPSA) is 18.5 Å². The molecular weight excluding hydrogens is 425 g/mol. The Labute approximate surface area is 130 Å². The molecule has 0 aliphatic rings. The van der Waals surface area contributed by atoms with Crippen LogP contribution in [0.5, 0.6) is 0 Å². The van der Waals surface area contributed by atoms with Crippen LogP contribution in [0.3, 0.4) is 0 Å². The summed E-state index contributed by atoms with van der Waals surface area (Å²) in [6.07, 6.45) is 4.67. The number of ether oxygens (including phenoxy) is 2. The van der Waals surface area contributed by atoms with Crippen LogP contribution in [0.25, 0.3) is 0 Å². The molecule has 0 aliphatic heterocycles. The van der Waals surface area contributed by atoms with Crippen molar-refractivity contribution in [3.63, 3.8) is 0 Å². The Kier molecular flexibility index (Phi) is 10.7. The minimum atomic E-state index is -0.660. The predicted molar refractivity (Wildman–Crippen MR) is 75.8 cm³/mol. The van der Waals surface area contributed by atoms with Crippen molar-refractivity contribution in [1.29, 1.82) is 0 Å². The van der Waals surface area contributed by atoms with Crippen LogP contribution in [0.2, 0.25) is 3.93 Å². The first-order valence-corrected chi connectivity index (χ1v) is 15.3. The Morgan fingerprint density at radius 3 is 2.63 bits per heavy atom. The van der Waals surface area contributed by atoms with Crippen LogP contribution >= 0.6 is 0 Å². The molecular formula is C16H26HgO2. The van der Waals surface area contributed by atoms with Crippen LogP contribution < -0.4 is 0 Å². The molecule has 3 heteroatoms. The first-order valence-electron chi connectivity index (χ1n) is 7.55. The van der Waals surface area contributed by atoms with Crippen molar-refractivity contribution in [3.05, 3.63) is 35.9 Å². The molecule has 0 saturated heterocycles. The SMILES string of the molecule is CCCC(OC)OCCC[CH2][Hg][CH2]c1ccccc1. The van der Waals surface area contributed by atoms with E-state index in [4.69, 9.17) is 9.47 Å². The molecule has 1 atom stereocenters. The van der Waals surface area contributed by atoms with Gasteiger partial charge in [-0.2, -0.15) is 0 Å². The number of rotatable bonds is 11. The third kappa shape index (κ3) is 8.77. The maximum absolute atomic E-state index is 5.70. The number of unbranched alkanes of at least 4 members (excludes halogenated alkanes) is 1. The van der Waals surface area contributed by atoms with Crippen LogP contribution in [0, 0.1) is 0 Å². The Bertz CT molecular complexity index is 303. The molecule has 0 saturated carbocycles. The zero-order valence-electron chi connectivity index (χ0n) is 12.4. The fourth-order valence-electron chi connectivity index (χ4n) is 2.15. The molecule has 104 valence electrons. The van der Waals surface area contributed by atoms with Gasteiger partial charge in [-0.3, -0.25) is 0 Å². The molecule has 0 fully saturated rings. The minimum absolute atomic E-state index is 0.0129. The van der Waals surface area contributed by atoms with Gasteiger partial charge in [0.2, 0.25) is 0 Å². The molecule has 0 radical (unpaired) electrons. The van der Waals surface area contributed by atoms with Gasteiger partial charge in [-0.15, -0.1) is 0 Å². The molecule has 0 heterocycles. The zero-order chi connectivity index (χ0) is 13.8. The summed E-state index contributed by atoms with van der Waals surface area (Å²) in [5.74, 6) is 0.